The lowest BCUT2D eigenvalue weighted by molar-refractivity contribution is 0.168. The lowest BCUT2D eigenvalue weighted by Gasteiger charge is -2.27. The molecule has 0 N–H and O–H groups in total. The summed E-state index contributed by atoms with van der Waals surface area (Å²) in [5.41, 5.74) is 1.88. The molecule has 132 valence electrons. The molecule has 2 heteroatoms. The second-order valence-corrected chi connectivity index (χ2v) is 7.60. The minimum Gasteiger partial charge on any atom is -0.490 e. The fourth-order valence-electron chi connectivity index (χ4n) is 4.21. The quantitative estimate of drug-likeness (QED) is 0.595. The van der Waals surface area contributed by atoms with Crippen LogP contribution in [0.15, 0.2) is 18.2 Å². The van der Waals surface area contributed by atoms with E-state index in [1.807, 2.05) is 12.1 Å². The molecule has 0 spiro atoms. The maximum atomic E-state index is 14.4. The first-order valence-corrected chi connectivity index (χ1v) is 9.86. The molecule has 0 aromatic heterocycles. The maximum Gasteiger partial charge on any atom is 0.134 e. The highest BCUT2D eigenvalue weighted by Gasteiger charge is 2.21. The highest BCUT2D eigenvalue weighted by molar-refractivity contribution is 5.55. The SMILES string of the molecule is CCCC1CCC(/C=C/c2cc3c(cc2F)OC(CC)CC3)CC1. The minimum absolute atomic E-state index is 0.151. The van der Waals surface area contributed by atoms with Crippen molar-refractivity contribution in [2.45, 2.75) is 77.7 Å². The van der Waals surface area contributed by atoms with E-state index in [2.05, 4.69) is 19.9 Å². The Labute approximate surface area is 146 Å². The molecule has 24 heavy (non-hydrogen) atoms. The number of aryl methyl sites for hydroxylation is 1. The Bertz CT molecular complexity index is 570. The first-order valence-electron chi connectivity index (χ1n) is 9.86. The number of hydrogen-bond acceptors (Lipinski definition) is 1. The van der Waals surface area contributed by atoms with Crippen LogP contribution >= 0.6 is 0 Å². The van der Waals surface area contributed by atoms with Gasteiger partial charge in [0.1, 0.15) is 11.6 Å². The molecule has 1 aromatic carbocycles. The maximum absolute atomic E-state index is 14.4. The molecule has 1 fully saturated rings. The summed E-state index contributed by atoms with van der Waals surface area (Å²) in [6.07, 6.45) is 15.4. The topological polar surface area (TPSA) is 9.23 Å². The first-order chi connectivity index (χ1) is 11.7. The Morgan fingerprint density at radius 1 is 1.12 bits per heavy atom. The van der Waals surface area contributed by atoms with Gasteiger partial charge in [0.2, 0.25) is 0 Å². The van der Waals surface area contributed by atoms with Gasteiger partial charge in [-0.3, -0.25) is 0 Å². The summed E-state index contributed by atoms with van der Waals surface area (Å²) in [4.78, 5) is 0. The lowest BCUT2D eigenvalue weighted by Crippen LogP contribution is -2.21. The molecular weight excluding hydrogens is 299 g/mol. The van der Waals surface area contributed by atoms with Crippen LogP contribution in [-0.4, -0.2) is 6.10 Å². The van der Waals surface area contributed by atoms with Crippen LogP contribution in [0.25, 0.3) is 6.08 Å². The smallest absolute Gasteiger partial charge is 0.134 e. The van der Waals surface area contributed by atoms with Crippen molar-refractivity contribution in [1.82, 2.24) is 0 Å². The van der Waals surface area contributed by atoms with Crippen LogP contribution in [-0.2, 0) is 6.42 Å². The highest BCUT2D eigenvalue weighted by atomic mass is 19.1. The lowest BCUT2D eigenvalue weighted by atomic mass is 9.80. The van der Waals surface area contributed by atoms with E-state index >= 15 is 0 Å². The van der Waals surface area contributed by atoms with Gasteiger partial charge < -0.3 is 4.74 Å². The molecule has 1 aliphatic carbocycles. The molecule has 1 heterocycles. The van der Waals surface area contributed by atoms with E-state index in [1.54, 1.807) is 6.07 Å². The van der Waals surface area contributed by atoms with Crippen LogP contribution in [0.1, 0.15) is 76.3 Å². The van der Waals surface area contributed by atoms with Crippen LogP contribution in [0.3, 0.4) is 0 Å². The van der Waals surface area contributed by atoms with Crippen molar-refractivity contribution < 1.29 is 9.13 Å². The number of allylic oxidation sites excluding steroid dienone is 1. The van der Waals surface area contributed by atoms with Crippen molar-refractivity contribution >= 4 is 6.08 Å². The third-order valence-corrected chi connectivity index (χ3v) is 5.80. The average Bonchev–Trinajstić information content (AvgIpc) is 2.61. The third-order valence-electron chi connectivity index (χ3n) is 5.80. The molecule has 1 aromatic rings. The average molecular weight is 330 g/mol. The van der Waals surface area contributed by atoms with Crippen LogP contribution < -0.4 is 4.74 Å². The summed E-state index contributed by atoms with van der Waals surface area (Å²) in [7, 11) is 0. The van der Waals surface area contributed by atoms with Crippen LogP contribution in [0.4, 0.5) is 4.39 Å². The van der Waals surface area contributed by atoms with Gasteiger partial charge in [-0.15, -0.1) is 0 Å². The molecule has 0 amide bonds. The van der Waals surface area contributed by atoms with E-state index in [1.165, 1.54) is 38.5 Å². The minimum atomic E-state index is -0.151. The molecular formula is C22H31FO. The molecule has 0 saturated heterocycles. The van der Waals surface area contributed by atoms with Crippen molar-refractivity contribution in [3.05, 3.63) is 35.2 Å². The normalized spacial score (nSPS) is 27.0. The van der Waals surface area contributed by atoms with Gasteiger partial charge in [-0.1, -0.05) is 38.8 Å². The number of rotatable bonds is 5. The zero-order valence-electron chi connectivity index (χ0n) is 15.2. The Balaban J connectivity index is 1.63. The third kappa shape index (κ3) is 4.20. The van der Waals surface area contributed by atoms with Gasteiger partial charge in [-0.25, -0.2) is 4.39 Å². The van der Waals surface area contributed by atoms with Crippen molar-refractivity contribution in [3.8, 4) is 5.75 Å². The van der Waals surface area contributed by atoms with Crippen LogP contribution in [0.5, 0.6) is 5.75 Å². The largest absolute Gasteiger partial charge is 0.490 e. The number of fused-ring (bicyclic) bond motifs is 1. The standard InChI is InChI=1S/C22H31FO/c1-3-5-16-6-8-17(9-7-16)10-11-18-14-19-12-13-20(4-2)24-22(19)15-21(18)23/h10-11,14-17,20H,3-9,12-13H2,1-2H3/b11-10+. The van der Waals surface area contributed by atoms with Crippen LogP contribution in [0.2, 0.25) is 0 Å². The Morgan fingerprint density at radius 2 is 1.92 bits per heavy atom. The summed E-state index contributed by atoms with van der Waals surface area (Å²) >= 11 is 0. The van der Waals surface area contributed by atoms with E-state index in [4.69, 9.17) is 4.74 Å². The van der Waals surface area contributed by atoms with E-state index in [-0.39, 0.29) is 11.9 Å². The molecule has 1 saturated carbocycles. The molecule has 1 aliphatic heterocycles. The van der Waals surface area contributed by atoms with E-state index in [0.29, 0.717) is 5.92 Å². The molecule has 2 aliphatic rings. The molecule has 0 radical (unpaired) electrons. The summed E-state index contributed by atoms with van der Waals surface area (Å²) in [6.45, 7) is 4.40. The molecule has 1 unspecified atom stereocenters. The van der Waals surface area contributed by atoms with Crippen molar-refractivity contribution in [2.75, 3.05) is 0 Å². The van der Waals surface area contributed by atoms with E-state index < -0.39 is 0 Å². The Hall–Kier alpha value is -1.31. The fraction of sp³-hybridized carbons (Fsp3) is 0.636. The van der Waals surface area contributed by atoms with E-state index in [0.717, 1.165) is 42.1 Å². The second-order valence-electron chi connectivity index (χ2n) is 7.60. The van der Waals surface area contributed by atoms with Gasteiger partial charge in [0.15, 0.2) is 0 Å². The summed E-state index contributed by atoms with van der Waals surface area (Å²) in [6, 6.07) is 3.59. The molecule has 1 nitrogen and oxygen atoms in total. The molecule has 3 rings (SSSR count). The molecule has 1 atom stereocenters. The Morgan fingerprint density at radius 3 is 2.62 bits per heavy atom. The van der Waals surface area contributed by atoms with E-state index in [9.17, 15) is 4.39 Å². The fourth-order valence-corrected chi connectivity index (χ4v) is 4.21. The number of hydrogen-bond donors (Lipinski definition) is 0. The summed E-state index contributed by atoms with van der Waals surface area (Å²) < 4.78 is 20.3. The van der Waals surface area contributed by atoms with Crippen molar-refractivity contribution in [2.24, 2.45) is 11.8 Å². The van der Waals surface area contributed by atoms with Gasteiger partial charge in [0, 0.05) is 11.6 Å². The van der Waals surface area contributed by atoms with Gasteiger partial charge >= 0.3 is 0 Å². The van der Waals surface area contributed by atoms with Gasteiger partial charge in [0.25, 0.3) is 0 Å². The zero-order valence-corrected chi connectivity index (χ0v) is 15.2. The highest BCUT2D eigenvalue weighted by Crippen LogP contribution is 2.34. The second kappa shape index (κ2) is 8.18. The van der Waals surface area contributed by atoms with Crippen molar-refractivity contribution in [3.63, 3.8) is 0 Å². The molecule has 0 bridgehead atoms. The van der Waals surface area contributed by atoms with Crippen molar-refractivity contribution in [1.29, 1.82) is 0 Å². The van der Waals surface area contributed by atoms with Crippen LogP contribution in [0, 0.1) is 17.7 Å². The van der Waals surface area contributed by atoms with Gasteiger partial charge in [0.05, 0.1) is 6.10 Å². The zero-order chi connectivity index (χ0) is 16.9. The Kier molecular flexibility index (Phi) is 5.97. The number of benzene rings is 1. The van der Waals surface area contributed by atoms with Gasteiger partial charge in [-0.2, -0.15) is 0 Å². The monoisotopic (exact) mass is 330 g/mol. The summed E-state index contributed by atoms with van der Waals surface area (Å²) in [5, 5.41) is 0. The number of halogens is 1. The summed E-state index contributed by atoms with van der Waals surface area (Å²) in [5.74, 6) is 2.14. The predicted molar refractivity (Wildman–Crippen MR) is 98.8 cm³/mol. The predicted octanol–water partition coefficient (Wildman–Crippen LogP) is 6.55. The first kappa shape index (κ1) is 17.5. The van der Waals surface area contributed by atoms with Gasteiger partial charge in [-0.05, 0) is 68.4 Å². The number of ether oxygens (including phenoxy) is 1.